The van der Waals surface area contributed by atoms with Crippen LogP contribution in [0, 0.1) is 13.8 Å². The van der Waals surface area contributed by atoms with Gasteiger partial charge in [0, 0.05) is 37.8 Å². The maximum absolute atomic E-state index is 13.3. The van der Waals surface area contributed by atoms with E-state index >= 15 is 0 Å². The minimum atomic E-state index is -3.73. The van der Waals surface area contributed by atoms with Gasteiger partial charge in [0.05, 0.1) is 19.9 Å². The molecule has 4 rings (SSSR count). The molecule has 1 aromatic heterocycles. The third-order valence-electron chi connectivity index (χ3n) is 6.00. The lowest BCUT2D eigenvalue weighted by molar-refractivity contribution is 0.370. The predicted octanol–water partition coefficient (Wildman–Crippen LogP) is 3.29. The first kappa shape index (κ1) is 23.0. The molecule has 0 atom stereocenters. The van der Waals surface area contributed by atoms with Crippen LogP contribution in [0.5, 0.6) is 11.5 Å². The van der Waals surface area contributed by atoms with Crippen LogP contribution >= 0.6 is 0 Å². The van der Waals surface area contributed by atoms with Gasteiger partial charge in [-0.2, -0.15) is 4.31 Å². The van der Waals surface area contributed by atoms with Crippen molar-refractivity contribution in [1.82, 2.24) is 14.5 Å². The molecule has 8 nitrogen and oxygen atoms in total. The summed E-state index contributed by atoms with van der Waals surface area (Å²) in [6.07, 6.45) is 0. The number of rotatable bonds is 6. The first-order valence-corrected chi connectivity index (χ1v) is 12.2. The fourth-order valence-electron chi connectivity index (χ4n) is 3.83. The molecule has 0 unspecified atom stereocenters. The van der Waals surface area contributed by atoms with Gasteiger partial charge in [-0.15, -0.1) is 10.2 Å². The van der Waals surface area contributed by atoms with E-state index in [1.807, 2.05) is 23.1 Å². The van der Waals surface area contributed by atoms with Crippen molar-refractivity contribution in [2.75, 3.05) is 45.3 Å². The summed E-state index contributed by atoms with van der Waals surface area (Å²) in [6, 6.07) is 14.9. The van der Waals surface area contributed by atoms with E-state index < -0.39 is 10.0 Å². The van der Waals surface area contributed by atoms with Crippen LogP contribution in [0.3, 0.4) is 0 Å². The van der Waals surface area contributed by atoms with Crippen molar-refractivity contribution in [2.24, 2.45) is 0 Å². The van der Waals surface area contributed by atoms with Crippen molar-refractivity contribution in [3.8, 4) is 22.8 Å². The van der Waals surface area contributed by atoms with Gasteiger partial charge in [-0.05, 0) is 55.3 Å². The number of hydrogen-bond acceptors (Lipinski definition) is 7. The van der Waals surface area contributed by atoms with Gasteiger partial charge in [0.1, 0.15) is 16.4 Å². The topological polar surface area (TPSA) is 84.9 Å². The van der Waals surface area contributed by atoms with Gasteiger partial charge in [0.15, 0.2) is 5.82 Å². The number of methoxy groups -OCH3 is 2. The molecule has 2 aromatic carbocycles. The van der Waals surface area contributed by atoms with Crippen molar-refractivity contribution in [2.45, 2.75) is 18.7 Å². The number of hydrogen-bond donors (Lipinski definition) is 0. The summed E-state index contributed by atoms with van der Waals surface area (Å²) in [4.78, 5) is 2.15. The highest BCUT2D eigenvalue weighted by molar-refractivity contribution is 7.89. The Morgan fingerprint density at radius 3 is 2.18 bits per heavy atom. The van der Waals surface area contributed by atoms with Crippen LogP contribution < -0.4 is 14.4 Å². The number of nitrogens with zero attached hydrogens (tertiary/aromatic N) is 4. The molecule has 0 N–H and O–H groups in total. The summed E-state index contributed by atoms with van der Waals surface area (Å²) in [5, 5.41) is 8.80. The van der Waals surface area contributed by atoms with Crippen LogP contribution in [-0.2, 0) is 10.0 Å². The van der Waals surface area contributed by atoms with Crippen LogP contribution in [0.1, 0.15) is 11.1 Å². The Balaban J connectivity index is 1.47. The highest BCUT2D eigenvalue weighted by atomic mass is 32.2. The monoisotopic (exact) mass is 468 g/mol. The molecular weight excluding hydrogens is 440 g/mol. The smallest absolute Gasteiger partial charge is 0.247 e. The molecule has 174 valence electrons. The quantitative estimate of drug-likeness (QED) is 0.549. The molecule has 0 aliphatic carbocycles. The van der Waals surface area contributed by atoms with Crippen molar-refractivity contribution in [3.63, 3.8) is 0 Å². The molecular formula is C24H28N4O4S. The number of aromatic nitrogens is 2. The first-order chi connectivity index (χ1) is 15.8. The van der Waals surface area contributed by atoms with Crippen LogP contribution in [0.15, 0.2) is 53.4 Å². The fraction of sp³-hybridized carbons (Fsp3) is 0.333. The second-order valence-electron chi connectivity index (χ2n) is 7.98. The Morgan fingerprint density at radius 2 is 1.58 bits per heavy atom. The Kier molecular flexibility index (Phi) is 6.53. The molecule has 0 radical (unpaired) electrons. The van der Waals surface area contributed by atoms with Gasteiger partial charge >= 0.3 is 0 Å². The van der Waals surface area contributed by atoms with Crippen LogP contribution in [0.2, 0.25) is 0 Å². The van der Waals surface area contributed by atoms with Gasteiger partial charge in [-0.25, -0.2) is 8.42 Å². The molecule has 0 saturated carbocycles. The van der Waals surface area contributed by atoms with Crippen molar-refractivity contribution < 1.29 is 17.9 Å². The van der Waals surface area contributed by atoms with E-state index in [4.69, 9.17) is 9.47 Å². The summed E-state index contributed by atoms with van der Waals surface area (Å²) in [6.45, 7) is 5.87. The number of benzene rings is 2. The molecule has 1 aliphatic heterocycles. The summed E-state index contributed by atoms with van der Waals surface area (Å²) in [7, 11) is -0.767. The number of piperazine rings is 1. The maximum atomic E-state index is 13.3. The highest BCUT2D eigenvalue weighted by Crippen LogP contribution is 2.31. The van der Waals surface area contributed by atoms with Crippen molar-refractivity contribution >= 4 is 15.8 Å². The van der Waals surface area contributed by atoms with E-state index in [2.05, 4.69) is 36.2 Å². The summed E-state index contributed by atoms with van der Waals surface area (Å²) < 4.78 is 38.5. The average Bonchev–Trinajstić information content (AvgIpc) is 2.85. The Morgan fingerprint density at radius 1 is 0.818 bits per heavy atom. The zero-order chi connectivity index (χ0) is 23.6. The standard InChI is InChI=1S/C24H28N4O4S/c1-17-5-6-19(15-18(17)2)21-8-10-24(26-25-21)27-11-13-28(14-12-27)33(29,30)23-16-20(31-3)7-9-22(23)32-4/h5-10,15-16H,11-14H2,1-4H3. The molecule has 2 heterocycles. The minimum Gasteiger partial charge on any atom is -0.497 e. The minimum absolute atomic E-state index is 0.107. The Hall–Kier alpha value is -3.17. The largest absolute Gasteiger partial charge is 0.497 e. The normalized spacial score (nSPS) is 14.8. The second kappa shape index (κ2) is 9.36. The number of anilines is 1. The van der Waals surface area contributed by atoms with Crippen molar-refractivity contribution in [1.29, 1.82) is 0 Å². The van der Waals surface area contributed by atoms with E-state index in [0.29, 0.717) is 37.7 Å². The van der Waals surface area contributed by atoms with Crippen LogP contribution in [0.4, 0.5) is 5.82 Å². The zero-order valence-corrected chi connectivity index (χ0v) is 20.1. The highest BCUT2D eigenvalue weighted by Gasteiger charge is 2.31. The first-order valence-electron chi connectivity index (χ1n) is 10.7. The molecule has 1 fully saturated rings. The fourth-order valence-corrected chi connectivity index (χ4v) is 5.42. The number of sulfonamides is 1. The molecule has 1 aliphatic rings. The van der Waals surface area contributed by atoms with Gasteiger partial charge in [0.2, 0.25) is 10.0 Å². The number of aryl methyl sites for hydroxylation is 2. The molecule has 3 aromatic rings. The molecule has 0 spiro atoms. The summed E-state index contributed by atoms with van der Waals surface area (Å²) in [5.74, 6) is 1.50. The van der Waals surface area contributed by atoms with E-state index in [-0.39, 0.29) is 4.90 Å². The molecule has 9 heteroatoms. The van der Waals surface area contributed by atoms with Crippen LogP contribution in [0.25, 0.3) is 11.3 Å². The van der Waals surface area contributed by atoms with E-state index in [0.717, 1.165) is 17.1 Å². The zero-order valence-electron chi connectivity index (χ0n) is 19.3. The lowest BCUT2D eigenvalue weighted by Gasteiger charge is -2.34. The van der Waals surface area contributed by atoms with E-state index in [9.17, 15) is 8.42 Å². The summed E-state index contributed by atoms with van der Waals surface area (Å²) >= 11 is 0. The van der Waals surface area contributed by atoms with E-state index in [1.165, 1.54) is 35.7 Å². The second-order valence-corrected chi connectivity index (χ2v) is 9.89. The Labute approximate surface area is 194 Å². The molecule has 0 bridgehead atoms. The SMILES string of the molecule is COc1ccc(OC)c(S(=O)(=O)N2CCN(c3ccc(-c4ccc(C)c(C)c4)nn3)CC2)c1. The molecule has 0 amide bonds. The maximum Gasteiger partial charge on any atom is 0.247 e. The number of ether oxygens (including phenoxy) is 2. The third-order valence-corrected chi connectivity index (χ3v) is 7.92. The third kappa shape index (κ3) is 4.65. The van der Waals surface area contributed by atoms with Gasteiger partial charge in [0.25, 0.3) is 0 Å². The van der Waals surface area contributed by atoms with E-state index in [1.54, 1.807) is 12.1 Å². The van der Waals surface area contributed by atoms with Crippen molar-refractivity contribution in [3.05, 3.63) is 59.7 Å². The Bertz CT molecular complexity index is 1240. The summed E-state index contributed by atoms with van der Waals surface area (Å²) in [5.41, 5.74) is 4.29. The lowest BCUT2D eigenvalue weighted by Crippen LogP contribution is -2.49. The van der Waals surface area contributed by atoms with Gasteiger partial charge in [-0.3, -0.25) is 0 Å². The van der Waals surface area contributed by atoms with Gasteiger partial charge in [-0.1, -0.05) is 12.1 Å². The lowest BCUT2D eigenvalue weighted by atomic mass is 10.0. The predicted molar refractivity (Wildman–Crippen MR) is 127 cm³/mol. The average molecular weight is 469 g/mol. The van der Waals surface area contributed by atoms with Crippen LogP contribution in [-0.4, -0.2) is 63.3 Å². The molecule has 1 saturated heterocycles. The van der Waals surface area contributed by atoms with Gasteiger partial charge < -0.3 is 14.4 Å². The molecule has 33 heavy (non-hydrogen) atoms.